The van der Waals surface area contributed by atoms with Crippen LogP contribution in [0.15, 0.2) is 39.4 Å². The van der Waals surface area contributed by atoms with Crippen LogP contribution in [-0.4, -0.2) is 31.7 Å². The minimum atomic E-state index is 0.0365. The fourth-order valence-electron chi connectivity index (χ4n) is 2.96. The molecule has 0 saturated carbocycles. The van der Waals surface area contributed by atoms with Crippen LogP contribution < -0.4 is 0 Å². The van der Waals surface area contributed by atoms with E-state index in [2.05, 4.69) is 33.2 Å². The Labute approximate surface area is 164 Å². The Balaban J connectivity index is 1.42. The van der Waals surface area contributed by atoms with E-state index in [-0.39, 0.29) is 11.5 Å². The average molecular weight is 399 g/mol. The van der Waals surface area contributed by atoms with E-state index in [0.717, 1.165) is 28.0 Å². The standard InChI is InChI=1S/C19H18N4O2S2/c1-3-12-5-4-6-14-15(8-20-18(12)14)16(24)10-27-19-23-22-17(25-19)7-13-9-26-11(2)21-13/h4-6,8-9,20H,3,7,10H2,1-2H3. The maximum Gasteiger partial charge on any atom is 0.277 e. The van der Waals surface area contributed by atoms with E-state index in [4.69, 9.17) is 4.42 Å². The van der Waals surface area contributed by atoms with Crippen LogP contribution in [-0.2, 0) is 12.8 Å². The molecule has 0 aliphatic heterocycles. The zero-order valence-electron chi connectivity index (χ0n) is 15.0. The number of benzene rings is 1. The topological polar surface area (TPSA) is 84.7 Å². The number of nitrogens with one attached hydrogen (secondary N) is 1. The molecule has 0 atom stereocenters. The van der Waals surface area contributed by atoms with Crippen molar-refractivity contribution in [3.05, 3.63) is 57.5 Å². The third-order valence-electron chi connectivity index (χ3n) is 4.26. The molecule has 0 aliphatic carbocycles. The second kappa shape index (κ2) is 7.66. The maximum atomic E-state index is 12.7. The number of nitrogens with zero attached hydrogens (tertiary/aromatic N) is 3. The van der Waals surface area contributed by atoms with Gasteiger partial charge in [0.05, 0.1) is 22.9 Å². The predicted octanol–water partition coefficient (Wildman–Crippen LogP) is 4.44. The highest BCUT2D eigenvalue weighted by atomic mass is 32.2. The molecular formula is C19H18N4O2S2. The number of carbonyl (C=O) groups excluding carboxylic acids is 1. The van der Waals surface area contributed by atoms with Crippen molar-refractivity contribution < 1.29 is 9.21 Å². The molecule has 4 rings (SSSR count). The number of carbonyl (C=O) groups is 1. The van der Waals surface area contributed by atoms with Crippen LogP contribution in [0.1, 0.15) is 39.4 Å². The van der Waals surface area contributed by atoms with Crippen molar-refractivity contribution in [3.63, 3.8) is 0 Å². The van der Waals surface area contributed by atoms with Crippen LogP contribution in [0.25, 0.3) is 10.9 Å². The summed E-state index contributed by atoms with van der Waals surface area (Å²) in [5.41, 5.74) is 3.86. The SMILES string of the molecule is CCc1cccc2c(C(=O)CSc3nnc(Cc4csc(C)n4)o3)c[nH]c12. The average Bonchev–Trinajstić information content (AvgIpc) is 3.39. The zero-order valence-corrected chi connectivity index (χ0v) is 16.6. The fourth-order valence-corrected chi connectivity index (χ4v) is 4.24. The minimum Gasteiger partial charge on any atom is -0.416 e. The summed E-state index contributed by atoms with van der Waals surface area (Å²) < 4.78 is 5.63. The monoisotopic (exact) mass is 398 g/mol. The lowest BCUT2D eigenvalue weighted by molar-refractivity contribution is 0.102. The van der Waals surface area contributed by atoms with Gasteiger partial charge in [0.2, 0.25) is 5.89 Å². The molecule has 3 aromatic heterocycles. The number of aromatic nitrogens is 4. The molecule has 0 spiro atoms. The molecule has 0 unspecified atom stereocenters. The van der Waals surface area contributed by atoms with Crippen LogP contribution in [0, 0.1) is 6.92 Å². The summed E-state index contributed by atoms with van der Waals surface area (Å²) >= 11 is 2.85. The summed E-state index contributed by atoms with van der Waals surface area (Å²) in [5.74, 6) is 0.796. The van der Waals surface area contributed by atoms with E-state index in [1.54, 1.807) is 17.5 Å². The Hall–Kier alpha value is -2.45. The number of thioether (sulfide) groups is 1. The number of H-pyrrole nitrogens is 1. The van der Waals surface area contributed by atoms with E-state index in [1.807, 2.05) is 24.4 Å². The van der Waals surface area contributed by atoms with Crippen LogP contribution in [0.5, 0.6) is 0 Å². The summed E-state index contributed by atoms with van der Waals surface area (Å²) in [6.07, 6.45) is 3.22. The number of rotatable bonds is 7. The molecule has 27 heavy (non-hydrogen) atoms. The fraction of sp³-hybridized carbons (Fsp3) is 0.263. The first kappa shape index (κ1) is 17.9. The van der Waals surface area contributed by atoms with Gasteiger partial charge in [-0.2, -0.15) is 0 Å². The van der Waals surface area contributed by atoms with E-state index in [0.29, 0.717) is 23.1 Å². The molecule has 0 bridgehead atoms. The van der Waals surface area contributed by atoms with Gasteiger partial charge < -0.3 is 9.40 Å². The Morgan fingerprint density at radius 2 is 2.22 bits per heavy atom. The van der Waals surface area contributed by atoms with Crippen LogP contribution >= 0.6 is 23.1 Å². The van der Waals surface area contributed by atoms with E-state index in [9.17, 15) is 4.79 Å². The highest BCUT2D eigenvalue weighted by Crippen LogP contribution is 2.25. The number of hydrogen-bond acceptors (Lipinski definition) is 7. The van der Waals surface area contributed by atoms with Gasteiger partial charge in [-0.05, 0) is 18.9 Å². The molecule has 4 aromatic rings. The minimum absolute atomic E-state index is 0.0365. The van der Waals surface area contributed by atoms with E-state index >= 15 is 0 Å². The first-order valence-corrected chi connectivity index (χ1v) is 10.5. The summed E-state index contributed by atoms with van der Waals surface area (Å²) in [5, 5.41) is 12.4. The van der Waals surface area contributed by atoms with Crippen molar-refractivity contribution in [2.24, 2.45) is 0 Å². The smallest absolute Gasteiger partial charge is 0.277 e. The number of hydrogen-bond donors (Lipinski definition) is 1. The summed E-state index contributed by atoms with van der Waals surface area (Å²) in [6, 6.07) is 6.04. The number of aromatic amines is 1. The van der Waals surface area contributed by atoms with Gasteiger partial charge in [0, 0.05) is 28.0 Å². The molecule has 0 aliphatic rings. The number of Topliss-reactive ketones (excluding diaryl/α,β-unsaturated/α-hetero) is 1. The lowest BCUT2D eigenvalue weighted by Gasteiger charge is -2.00. The maximum absolute atomic E-state index is 12.7. The Morgan fingerprint density at radius 3 is 3.00 bits per heavy atom. The largest absolute Gasteiger partial charge is 0.416 e. The van der Waals surface area contributed by atoms with Crippen molar-refractivity contribution in [2.45, 2.75) is 31.9 Å². The molecule has 8 heteroatoms. The van der Waals surface area contributed by atoms with E-state index < -0.39 is 0 Å². The third-order valence-corrected chi connectivity index (χ3v) is 5.90. The van der Waals surface area contributed by atoms with Gasteiger partial charge >= 0.3 is 0 Å². The van der Waals surface area contributed by atoms with Crippen molar-refractivity contribution >= 4 is 39.8 Å². The summed E-state index contributed by atoms with van der Waals surface area (Å²) in [7, 11) is 0. The van der Waals surface area contributed by atoms with Gasteiger partial charge in [-0.25, -0.2) is 4.98 Å². The van der Waals surface area contributed by atoms with Gasteiger partial charge in [0.15, 0.2) is 5.78 Å². The number of ketones is 1. The molecule has 0 saturated heterocycles. The Bertz CT molecular complexity index is 1100. The van der Waals surface area contributed by atoms with Gasteiger partial charge in [-0.15, -0.1) is 21.5 Å². The second-order valence-electron chi connectivity index (χ2n) is 6.10. The predicted molar refractivity (Wildman–Crippen MR) is 107 cm³/mol. The molecular weight excluding hydrogens is 380 g/mol. The molecule has 138 valence electrons. The first-order valence-electron chi connectivity index (χ1n) is 8.62. The van der Waals surface area contributed by atoms with Gasteiger partial charge in [0.25, 0.3) is 5.22 Å². The van der Waals surface area contributed by atoms with Gasteiger partial charge in [-0.1, -0.05) is 36.9 Å². The van der Waals surface area contributed by atoms with Crippen LogP contribution in [0.4, 0.5) is 0 Å². The van der Waals surface area contributed by atoms with Gasteiger partial charge in [-0.3, -0.25) is 4.79 Å². The van der Waals surface area contributed by atoms with Crippen molar-refractivity contribution in [3.8, 4) is 0 Å². The molecule has 6 nitrogen and oxygen atoms in total. The lowest BCUT2D eigenvalue weighted by Crippen LogP contribution is -2.01. The number of aryl methyl sites for hydroxylation is 2. The first-order chi connectivity index (χ1) is 13.1. The summed E-state index contributed by atoms with van der Waals surface area (Å²) in [6.45, 7) is 4.07. The molecule has 1 aromatic carbocycles. The summed E-state index contributed by atoms with van der Waals surface area (Å²) in [4.78, 5) is 20.3. The molecule has 0 fully saturated rings. The zero-order chi connectivity index (χ0) is 18.8. The number of para-hydroxylation sites is 1. The van der Waals surface area contributed by atoms with Crippen LogP contribution in [0.3, 0.4) is 0 Å². The number of thiazole rings is 1. The Morgan fingerprint density at radius 1 is 1.33 bits per heavy atom. The number of fused-ring (bicyclic) bond motifs is 1. The molecule has 1 N–H and O–H groups in total. The Kier molecular flexibility index (Phi) is 5.09. The highest BCUT2D eigenvalue weighted by Gasteiger charge is 2.16. The quantitative estimate of drug-likeness (QED) is 0.366. The van der Waals surface area contributed by atoms with Crippen molar-refractivity contribution in [1.29, 1.82) is 0 Å². The normalized spacial score (nSPS) is 11.3. The molecule has 3 heterocycles. The molecule has 0 amide bonds. The van der Waals surface area contributed by atoms with E-state index in [1.165, 1.54) is 17.3 Å². The molecule has 0 radical (unpaired) electrons. The van der Waals surface area contributed by atoms with Crippen LogP contribution in [0.2, 0.25) is 0 Å². The second-order valence-corrected chi connectivity index (χ2v) is 8.09. The highest BCUT2D eigenvalue weighted by molar-refractivity contribution is 7.99. The lowest BCUT2D eigenvalue weighted by atomic mass is 10.1. The van der Waals surface area contributed by atoms with Crippen molar-refractivity contribution in [2.75, 3.05) is 5.75 Å². The van der Waals surface area contributed by atoms with Gasteiger partial charge in [0.1, 0.15) is 0 Å². The van der Waals surface area contributed by atoms with Crippen molar-refractivity contribution in [1.82, 2.24) is 20.2 Å². The third kappa shape index (κ3) is 3.81.